The highest BCUT2D eigenvalue weighted by Gasteiger charge is 2.40. The summed E-state index contributed by atoms with van der Waals surface area (Å²) in [7, 11) is -3.80. The van der Waals surface area contributed by atoms with Crippen LogP contribution in [0.3, 0.4) is 0 Å². The van der Waals surface area contributed by atoms with E-state index in [0.717, 1.165) is 31.2 Å². The second-order valence-electron chi connectivity index (χ2n) is 9.37. The number of benzene rings is 2. The number of rotatable bonds is 5. The first-order valence-electron chi connectivity index (χ1n) is 11.8. The Labute approximate surface area is 194 Å². The minimum absolute atomic E-state index is 0.150. The predicted octanol–water partition coefficient (Wildman–Crippen LogP) is 4.08. The van der Waals surface area contributed by atoms with Gasteiger partial charge in [0.05, 0.1) is 15.9 Å². The molecule has 8 heteroatoms. The van der Waals surface area contributed by atoms with Crippen LogP contribution in [0.4, 0.5) is 0 Å². The highest BCUT2D eigenvalue weighted by atomic mass is 32.2. The number of hydrogen-bond donors (Lipinski definition) is 2. The number of amides is 1. The van der Waals surface area contributed by atoms with Gasteiger partial charge in [-0.3, -0.25) is 4.79 Å². The monoisotopic (exact) mass is 466 g/mol. The Kier molecular flexibility index (Phi) is 5.97. The van der Waals surface area contributed by atoms with E-state index in [1.165, 1.54) is 4.31 Å². The van der Waals surface area contributed by atoms with Crippen molar-refractivity contribution in [1.29, 1.82) is 0 Å². The average Bonchev–Trinajstić information content (AvgIpc) is 3.48. The molecule has 1 unspecified atom stereocenters. The largest absolute Gasteiger partial charge is 0.352 e. The van der Waals surface area contributed by atoms with Crippen molar-refractivity contribution in [2.75, 3.05) is 6.54 Å². The number of carbonyl (C=O) groups excluding carboxylic acids is 1. The molecule has 1 saturated heterocycles. The number of nitrogens with zero attached hydrogens (tertiary/aromatic N) is 2. The summed E-state index contributed by atoms with van der Waals surface area (Å²) in [4.78, 5) is 21.0. The quantitative estimate of drug-likeness (QED) is 0.592. The minimum Gasteiger partial charge on any atom is -0.352 e. The lowest BCUT2D eigenvalue weighted by Crippen LogP contribution is -2.49. The first-order valence-corrected chi connectivity index (χ1v) is 13.2. The lowest BCUT2D eigenvalue weighted by Gasteiger charge is -2.29. The Morgan fingerprint density at radius 2 is 1.82 bits per heavy atom. The fourth-order valence-electron chi connectivity index (χ4n) is 5.01. The Morgan fingerprint density at radius 3 is 2.58 bits per heavy atom. The summed E-state index contributed by atoms with van der Waals surface area (Å²) in [6.07, 6.45) is 5.38. The molecule has 1 aromatic heterocycles. The lowest BCUT2D eigenvalue weighted by molar-refractivity contribution is -0.125. The number of imidazole rings is 1. The molecule has 1 saturated carbocycles. The van der Waals surface area contributed by atoms with Gasteiger partial charge in [-0.15, -0.1) is 0 Å². The molecule has 2 N–H and O–H groups in total. The van der Waals surface area contributed by atoms with Crippen molar-refractivity contribution in [3.8, 4) is 11.4 Å². The van der Waals surface area contributed by atoms with E-state index < -0.39 is 16.1 Å². The zero-order valence-electron chi connectivity index (χ0n) is 18.8. The van der Waals surface area contributed by atoms with Gasteiger partial charge in [-0.05, 0) is 62.6 Å². The molecule has 2 aliphatic rings. The number of aromatic nitrogens is 2. The van der Waals surface area contributed by atoms with Crippen molar-refractivity contribution in [2.45, 2.75) is 62.4 Å². The van der Waals surface area contributed by atoms with E-state index in [4.69, 9.17) is 0 Å². The van der Waals surface area contributed by atoms with E-state index in [1.807, 2.05) is 30.3 Å². The fourth-order valence-corrected chi connectivity index (χ4v) is 6.69. The van der Waals surface area contributed by atoms with E-state index in [1.54, 1.807) is 18.2 Å². The zero-order valence-corrected chi connectivity index (χ0v) is 19.6. The molecule has 1 amide bonds. The van der Waals surface area contributed by atoms with Gasteiger partial charge in [0.15, 0.2) is 0 Å². The van der Waals surface area contributed by atoms with Crippen molar-refractivity contribution in [2.24, 2.45) is 5.92 Å². The Morgan fingerprint density at radius 1 is 1.06 bits per heavy atom. The maximum atomic E-state index is 13.5. The second kappa shape index (κ2) is 8.91. The number of sulfonamides is 1. The van der Waals surface area contributed by atoms with Crippen LogP contribution in [0.1, 0.15) is 45.4 Å². The zero-order chi connectivity index (χ0) is 23.0. The third-order valence-corrected chi connectivity index (χ3v) is 8.88. The van der Waals surface area contributed by atoms with Crippen LogP contribution in [0, 0.1) is 5.92 Å². The van der Waals surface area contributed by atoms with Crippen molar-refractivity contribution in [1.82, 2.24) is 19.6 Å². The van der Waals surface area contributed by atoms with E-state index >= 15 is 0 Å². The summed E-state index contributed by atoms with van der Waals surface area (Å²) in [5.41, 5.74) is 2.30. The molecule has 1 atom stereocenters. The molecule has 1 aliphatic heterocycles. The Hall–Kier alpha value is -2.71. The molecule has 5 rings (SSSR count). The number of aromatic amines is 1. The first-order chi connectivity index (χ1) is 15.9. The fraction of sp³-hybridized carbons (Fsp3) is 0.440. The van der Waals surface area contributed by atoms with E-state index in [9.17, 15) is 13.2 Å². The minimum atomic E-state index is -3.80. The SMILES string of the molecule is CC1CCC(NC(=O)C2CCCN2S(=O)(=O)c2ccc3nc(-c4ccccc4)[nH]c3c2)CC1. The molecule has 7 nitrogen and oxygen atoms in total. The van der Waals surface area contributed by atoms with Gasteiger partial charge >= 0.3 is 0 Å². The van der Waals surface area contributed by atoms with Crippen LogP contribution >= 0.6 is 0 Å². The maximum absolute atomic E-state index is 13.5. The van der Waals surface area contributed by atoms with Gasteiger partial charge in [0.2, 0.25) is 15.9 Å². The standard InChI is InChI=1S/C25H30N4O3S/c1-17-9-11-19(12-10-17)26-25(30)23-8-5-15-29(23)33(31,32)20-13-14-21-22(16-20)28-24(27-21)18-6-3-2-4-7-18/h2-4,6-7,13-14,16-17,19,23H,5,8-12,15H2,1H3,(H,26,30)(H,27,28). The number of H-pyrrole nitrogens is 1. The molecule has 0 radical (unpaired) electrons. The van der Waals surface area contributed by atoms with Crippen LogP contribution in [0.2, 0.25) is 0 Å². The van der Waals surface area contributed by atoms with E-state index in [2.05, 4.69) is 22.2 Å². The first kappa shape index (κ1) is 22.1. The molecule has 33 heavy (non-hydrogen) atoms. The van der Waals surface area contributed by atoms with Crippen molar-refractivity contribution in [3.05, 3.63) is 48.5 Å². The third-order valence-electron chi connectivity index (χ3n) is 6.98. The number of nitrogens with one attached hydrogen (secondary N) is 2. The average molecular weight is 467 g/mol. The summed E-state index contributed by atoms with van der Waals surface area (Å²) >= 11 is 0. The number of hydrogen-bond acceptors (Lipinski definition) is 4. The topological polar surface area (TPSA) is 95.2 Å². The van der Waals surface area contributed by atoms with Crippen molar-refractivity contribution in [3.63, 3.8) is 0 Å². The summed E-state index contributed by atoms with van der Waals surface area (Å²) in [5.74, 6) is 1.23. The third kappa shape index (κ3) is 4.42. The Bertz CT molecular complexity index is 1250. The predicted molar refractivity (Wildman–Crippen MR) is 128 cm³/mol. The molecule has 2 heterocycles. The van der Waals surface area contributed by atoms with Gasteiger partial charge in [0.1, 0.15) is 11.9 Å². The Balaban J connectivity index is 1.37. The van der Waals surface area contributed by atoms with E-state index in [-0.39, 0.29) is 16.8 Å². The second-order valence-corrected chi connectivity index (χ2v) is 11.3. The van der Waals surface area contributed by atoms with Gasteiger partial charge < -0.3 is 10.3 Å². The van der Waals surface area contributed by atoms with E-state index in [0.29, 0.717) is 42.2 Å². The molecule has 3 aromatic rings. The molecular formula is C25H30N4O3S. The van der Waals surface area contributed by atoms with Crippen molar-refractivity contribution >= 4 is 27.0 Å². The molecule has 0 bridgehead atoms. The molecule has 2 aromatic carbocycles. The highest BCUT2D eigenvalue weighted by Crippen LogP contribution is 2.30. The summed E-state index contributed by atoms with van der Waals surface area (Å²) in [5, 5.41) is 3.12. The van der Waals surface area contributed by atoms with Gasteiger partial charge in [-0.25, -0.2) is 13.4 Å². The summed E-state index contributed by atoms with van der Waals surface area (Å²) in [6.45, 7) is 2.60. The van der Waals surface area contributed by atoms with Gasteiger partial charge in [-0.2, -0.15) is 4.31 Å². The molecule has 1 aliphatic carbocycles. The van der Waals surface area contributed by atoms with Crippen LogP contribution in [0.15, 0.2) is 53.4 Å². The molecule has 0 spiro atoms. The molecule has 2 fully saturated rings. The van der Waals surface area contributed by atoms with Crippen LogP contribution < -0.4 is 5.32 Å². The maximum Gasteiger partial charge on any atom is 0.243 e. The molecular weight excluding hydrogens is 436 g/mol. The highest BCUT2D eigenvalue weighted by molar-refractivity contribution is 7.89. The molecule has 174 valence electrons. The van der Waals surface area contributed by atoms with Crippen LogP contribution in [-0.4, -0.2) is 47.2 Å². The number of fused-ring (bicyclic) bond motifs is 1. The van der Waals surface area contributed by atoms with Crippen LogP contribution in [0.25, 0.3) is 22.4 Å². The van der Waals surface area contributed by atoms with Gasteiger partial charge in [0, 0.05) is 18.2 Å². The summed E-state index contributed by atoms with van der Waals surface area (Å²) < 4.78 is 28.4. The smallest absolute Gasteiger partial charge is 0.243 e. The normalized spacial score (nSPS) is 24.2. The lowest BCUT2D eigenvalue weighted by atomic mass is 9.87. The van der Waals surface area contributed by atoms with Gasteiger partial charge in [-0.1, -0.05) is 37.3 Å². The van der Waals surface area contributed by atoms with Crippen molar-refractivity contribution < 1.29 is 13.2 Å². The van der Waals surface area contributed by atoms with Gasteiger partial charge in [0.25, 0.3) is 0 Å². The van der Waals surface area contributed by atoms with Crippen LogP contribution in [0.5, 0.6) is 0 Å². The van der Waals surface area contributed by atoms with Crippen LogP contribution in [-0.2, 0) is 14.8 Å². The summed E-state index contributed by atoms with van der Waals surface area (Å²) in [6, 6.07) is 14.2. The number of carbonyl (C=O) groups is 1.